The van der Waals surface area contributed by atoms with E-state index in [4.69, 9.17) is 10.8 Å². The monoisotopic (exact) mass is 464 g/mol. The van der Waals surface area contributed by atoms with Crippen LogP contribution in [0, 0.1) is 0 Å². The molecule has 0 saturated carbocycles. The summed E-state index contributed by atoms with van der Waals surface area (Å²) in [7, 11) is 0. The molecule has 11 nitrogen and oxygen atoms in total. The van der Waals surface area contributed by atoms with Gasteiger partial charge < -0.3 is 31.2 Å². The van der Waals surface area contributed by atoms with Crippen LogP contribution in [0.1, 0.15) is 41.3 Å². The number of hydrogen-bond donors (Lipinski definition) is 6. The van der Waals surface area contributed by atoms with Crippen molar-refractivity contribution in [3.63, 3.8) is 0 Å². The number of hydrogen-bond acceptors (Lipinski definition) is 6. The average molecular weight is 464 g/mol. The number of aryl methyl sites for hydroxylation is 2. The number of aliphatic carboxylic acids is 2. The van der Waals surface area contributed by atoms with E-state index in [1.807, 2.05) is 0 Å². The van der Waals surface area contributed by atoms with Crippen molar-refractivity contribution in [3.8, 4) is 0 Å². The molecule has 1 aromatic carbocycles. The van der Waals surface area contributed by atoms with Crippen LogP contribution in [0.4, 0.5) is 5.95 Å². The topological polar surface area (TPSA) is 191 Å². The van der Waals surface area contributed by atoms with Crippen LogP contribution in [0.3, 0.4) is 0 Å². The SMILES string of the molecule is C[C@@](CCC(=O)O)(NC(=O)c1ccc(CCc2c[nH]c3[nH]c(N)nc(=O)c23)cc1)C(=O)O.[Na]. The summed E-state index contributed by atoms with van der Waals surface area (Å²) in [6.07, 6.45) is 2.22. The number of carbonyl (C=O) groups is 3. The second-order valence-corrected chi connectivity index (χ2v) is 7.67. The fraction of sp³-hybridized carbons (Fsp3) is 0.286. The van der Waals surface area contributed by atoms with E-state index in [9.17, 15) is 24.3 Å². The van der Waals surface area contributed by atoms with E-state index in [0.717, 1.165) is 11.1 Å². The largest absolute Gasteiger partial charge is 0.481 e. The number of nitrogens with zero attached hydrogens (tertiary/aromatic N) is 1. The van der Waals surface area contributed by atoms with Crippen molar-refractivity contribution in [3.05, 3.63) is 57.5 Å². The molecule has 12 heteroatoms. The third kappa shape index (κ3) is 6.21. The molecule has 0 bridgehead atoms. The van der Waals surface area contributed by atoms with Crippen LogP contribution in [0.2, 0.25) is 0 Å². The molecular formula is C21H23N5NaO6. The Labute approximate surface area is 210 Å². The maximum Gasteiger partial charge on any atom is 0.329 e. The fourth-order valence-electron chi connectivity index (χ4n) is 3.33. The average Bonchev–Trinajstić information content (AvgIpc) is 3.14. The number of carboxylic acid groups (broad SMARTS) is 2. The van der Waals surface area contributed by atoms with Crippen molar-refractivity contribution in [2.45, 2.75) is 38.1 Å². The van der Waals surface area contributed by atoms with Gasteiger partial charge in [0.1, 0.15) is 11.2 Å². The van der Waals surface area contributed by atoms with E-state index in [0.29, 0.717) is 23.9 Å². The number of nitrogen functional groups attached to an aromatic ring is 1. The Bertz CT molecular complexity index is 1240. The molecule has 3 rings (SSSR count). The number of aromatic nitrogens is 3. The molecule has 1 amide bonds. The molecule has 1 atom stereocenters. The van der Waals surface area contributed by atoms with Crippen LogP contribution >= 0.6 is 0 Å². The van der Waals surface area contributed by atoms with Gasteiger partial charge in [-0.1, -0.05) is 12.1 Å². The van der Waals surface area contributed by atoms with Crippen molar-refractivity contribution >= 4 is 64.4 Å². The van der Waals surface area contributed by atoms with Crippen LogP contribution < -0.4 is 16.6 Å². The van der Waals surface area contributed by atoms with Gasteiger partial charge in [-0.05, 0) is 49.4 Å². The molecule has 0 spiro atoms. The summed E-state index contributed by atoms with van der Waals surface area (Å²) in [5.41, 5.74) is 5.88. The zero-order valence-corrected chi connectivity index (χ0v) is 20.3. The van der Waals surface area contributed by atoms with Crippen molar-refractivity contribution in [1.82, 2.24) is 20.3 Å². The van der Waals surface area contributed by atoms with Gasteiger partial charge in [0.25, 0.3) is 11.5 Å². The van der Waals surface area contributed by atoms with E-state index in [-0.39, 0.29) is 53.9 Å². The van der Waals surface area contributed by atoms with E-state index < -0.39 is 28.9 Å². The molecule has 169 valence electrons. The minimum absolute atomic E-state index is 0. The molecule has 0 aliphatic heterocycles. The summed E-state index contributed by atoms with van der Waals surface area (Å²) in [4.78, 5) is 56.4. The number of carboxylic acids is 2. The van der Waals surface area contributed by atoms with Gasteiger partial charge in [0.2, 0.25) is 5.95 Å². The molecule has 2 aromatic heterocycles. The third-order valence-corrected chi connectivity index (χ3v) is 5.25. The number of fused-ring (bicyclic) bond motifs is 1. The molecule has 0 fully saturated rings. The number of rotatable bonds is 9. The van der Waals surface area contributed by atoms with Crippen molar-refractivity contribution < 1.29 is 24.6 Å². The molecule has 0 aliphatic rings. The first-order valence-electron chi connectivity index (χ1n) is 9.81. The molecule has 3 aromatic rings. The predicted molar refractivity (Wildman–Crippen MR) is 121 cm³/mol. The van der Waals surface area contributed by atoms with Gasteiger partial charge in [-0.3, -0.25) is 14.4 Å². The number of nitrogens with one attached hydrogen (secondary N) is 3. The van der Waals surface area contributed by atoms with Gasteiger partial charge in [-0.25, -0.2) is 4.79 Å². The van der Waals surface area contributed by atoms with Gasteiger partial charge in [-0.2, -0.15) is 4.98 Å². The molecule has 7 N–H and O–H groups in total. The Morgan fingerprint density at radius 2 is 1.82 bits per heavy atom. The van der Waals surface area contributed by atoms with Crippen LogP contribution in [-0.4, -0.2) is 78.1 Å². The van der Waals surface area contributed by atoms with E-state index in [1.54, 1.807) is 30.5 Å². The number of benzene rings is 1. The molecule has 0 saturated heterocycles. The minimum atomic E-state index is -1.70. The van der Waals surface area contributed by atoms with Crippen molar-refractivity contribution in [2.24, 2.45) is 0 Å². The van der Waals surface area contributed by atoms with Gasteiger partial charge in [-0.15, -0.1) is 0 Å². The first kappa shape index (κ1) is 26.1. The van der Waals surface area contributed by atoms with Gasteiger partial charge in [0.15, 0.2) is 0 Å². The minimum Gasteiger partial charge on any atom is -0.481 e. The zero-order valence-electron chi connectivity index (χ0n) is 18.3. The van der Waals surface area contributed by atoms with Crippen LogP contribution in [0.5, 0.6) is 0 Å². The quantitative estimate of drug-likeness (QED) is 0.249. The zero-order chi connectivity index (χ0) is 23.5. The number of aromatic amines is 2. The first-order valence-corrected chi connectivity index (χ1v) is 9.81. The van der Waals surface area contributed by atoms with Gasteiger partial charge in [0.05, 0.1) is 5.39 Å². The number of amides is 1. The number of nitrogens with two attached hydrogens (primary N) is 1. The summed E-state index contributed by atoms with van der Waals surface area (Å²) in [5.74, 6) is -3.04. The number of carbonyl (C=O) groups excluding carboxylic acids is 1. The van der Waals surface area contributed by atoms with E-state index >= 15 is 0 Å². The Kier molecular flexibility index (Phi) is 8.42. The Hall–Kier alpha value is -3.15. The van der Waals surface area contributed by atoms with E-state index in [2.05, 4.69) is 20.3 Å². The molecular weight excluding hydrogens is 441 g/mol. The maximum atomic E-state index is 12.5. The molecule has 1 radical (unpaired) electrons. The second-order valence-electron chi connectivity index (χ2n) is 7.67. The molecule has 33 heavy (non-hydrogen) atoms. The van der Waals surface area contributed by atoms with Crippen LogP contribution in [0.25, 0.3) is 11.0 Å². The smallest absolute Gasteiger partial charge is 0.329 e. The van der Waals surface area contributed by atoms with Gasteiger partial charge >= 0.3 is 11.9 Å². The van der Waals surface area contributed by atoms with Gasteiger partial charge in [0, 0.05) is 47.7 Å². The van der Waals surface area contributed by atoms with Crippen molar-refractivity contribution in [1.29, 1.82) is 0 Å². The second kappa shape index (κ2) is 10.6. The summed E-state index contributed by atoms with van der Waals surface area (Å²) in [6, 6.07) is 6.60. The predicted octanol–water partition coefficient (Wildman–Crippen LogP) is 0.676. The van der Waals surface area contributed by atoms with Crippen LogP contribution in [0.15, 0.2) is 35.3 Å². The number of H-pyrrole nitrogens is 2. The maximum absolute atomic E-state index is 12.5. The van der Waals surface area contributed by atoms with Crippen molar-refractivity contribution in [2.75, 3.05) is 5.73 Å². The Balaban J connectivity index is 0.00000385. The standard InChI is InChI=1S/C21H23N5O6.Na/c1-21(19(31)32,9-8-14(27)28)26-17(29)12-5-2-11(3-6-12)4-7-13-10-23-16-15(13)18(30)25-20(22)24-16;/h2-3,5-6,10H,4,7-9H2,1H3,(H,26,29)(H,27,28)(H,31,32)(H4,22,23,24,25,30);/t21-;/m0./s1. The summed E-state index contributed by atoms with van der Waals surface area (Å²) < 4.78 is 0. The normalized spacial score (nSPS) is 12.5. The Morgan fingerprint density at radius 3 is 2.42 bits per heavy atom. The summed E-state index contributed by atoms with van der Waals surface area (Å²) in [5, 5.41) is 21.1. The van der Waals surface area contributed by atoms with Crippen LogP contribution in [-0.2, 0) is 22.4 Å². The van der Waals surface area contributed by atoms with E-state index in [1.165, 1.54) is 6.92 Å². The first-order chi connectivity index (χ1) is 15.1. The third-order valence-electron chi connectivity index (χ3n) is 5.25. The summed E-state index contributed by atoms with van der Waals surface area (Å²) >= 11 is 0. The molecule has 0 aliphatic carbocycles. The number of anilines is 1. The molecule has 0 unspecified atom stereocenters. The fourth-order valence-corrected chi connectivity index (χ4v) is 3.33. The molecule has 2 heterocycles. The Morgan fingerprint density at radius 1 is 1.15 bits per heavy atom. The summed E-state index contributed by atoms with van der Waals surface area (Å²) in [6.45, 7) is 1.27.